The largest absolute Gasteiger partial charge is 0.472 e. The molecule has 0 fully saturated rings. The van der Waals surface area contributed by atoms with Gasteiger partial charge in [-0.25, -0.2) is 4.57 Å². The Balaban J connectivity index is 4.79. The summed E-state index contributed by atoms with van der Waals surface area (Å²) in [6, 6.07) is 0. The maximum absolute atomic E-state index is 12.8. The van der Waals surface area contributed by atoms with Gasteiger partial charge in [0.25, 0.3) is 0 Å². The molecule has 0 amide bonds. The molecule has 0 aliphatic rings. The van der Waals surface area contributed by atoms with Crippen LogP contribution >= 0.6 is 7.82 Å². The first-order valence-corrected chi connectivity index (χ1v) is 27.0. The van der Waals surface area contributed by atoms with Gasteiger partial charge in [0.2, 0.25) is 0 Å². The number of phosphoric ester groups is 1. The molecule has 3 unspecified atom stereocenters. The lowest BCUT2D eigenvalue weighted by molar-refractivity contribution is -0.161. The number of hydrogen-bond acceptors (Lipinski definition) is 10. The highest BCUT2D eigenvalue weighted by molar-refractivity contribution is 7.47. The Morgan fingerprint density at radius 3 is 1.28 bits per heavy atom. The van der Waals surface area contributed by atoms with E-state index in [-0.39, 0.29) is 25.9 Å². The van der Waals surface area contributed by atoms with Gasteiger partial charge in [-0.05, 0) is 77.0 Å². The molecule has 0 aliphatic carbocycles. The van der Waals surface area contributed by atoms with Crippen molar-refractivity contribution in [3.05, 3.63) is 48.6 Å². The Morgan fingerprint density at radius 2 is 0.812 bits per heavy atom. The third-order valence-electron chi connectivity index (χ3n) is 10.7. The molecule has 3 atom stereocenters. The van der Waals surface area contributed by atoms with Crippen LogP contribution in [0.25, 0.3) is 0 Å². The van der Waals surface area contributed by atoms with Crippen molar-refractivity contribution in [2.45, 2.75) is 238 Å². The topological polar surface area (TPSA) is 155 Å². The van der Waals surface area contributed by atoms with Gasteiger partial charge in [-0.1, -0.05) is 179 Å². The molecule has 0 bridgehead atoms. The van der Waals surface area contributed by atoms with Crippen LogP contribution in [0.5, 0.6) is 0 Å². The highest BCUT2D eigenvalue weighted by Gasteiger charge is 2.28. The first-order chi connectivity index (χ1) is 31.2. The van der Waals surface area contributed by atoms with Crippen LogP contribution < -0.4 is 0 Å². The van der Waals surface area contributed by atoms with Gasteiger partial charge in [0, 0.05) is 19.3 Å². The van der Waals surface area contributed by atoms with Gasteiger partial charge in [-0.3, -0.25) is 23.4 Å². The van der Waals surface area contributed by atoms with E-state index in [0.29, 0.717) is 19.3 Å². The van der Waals surface area contributed by atoms with Crippen molar-refractivity contribution in [3.8, 4) is 0 Å². The highest BCUT2D eigenvalue weighted by atomic mass is 31.2. The van der Waals surface area contributed by atoms with Crippen molar-refractivity contribution in [1.82, 2.24) is 0 Å². The number of hydrogen-bond donors (Lipinski definition) is 2. The van der Waals surface area contributed by atoms with E-state index in [1.54, 1.807) is 0 Å². The number of phosphoric acid groups is 1. The maximum atomic E-state index is 12.8. The SMILES string of the molecule is CC/C=C\C/C=C\C/C=C\CCCCCCCC(=O)OC(COC(=O)CCCCCCC/C=C\CCCCCC)COP(=O)(O)OCC(CO)OC(=O)CCCCCCCCCCC. The lowest BCUT2D eigenvalue weighted by atomic mass is 10.1. The number of aliphatic hydroxyl groups is 1. The van der Waals surface area contributed by atoms with Crippen molar-refractivity contribution >= 4 is 25.7 Å². The van der Waals surface area contributed by atoms with Gasteiger partial charge >= 0.3 is 25.7 Å². The fourth-order valence-corrected chi connectivity index (χ4v) is 7.62. The quantitative estimate of drug-likeness (QED) is 0.0197. The van der Waals surface area contributed by atoms with E-state index in [0.717, 1.165) is 109 Å². The van der Waals surface area contributed by atoms with Crippen LogP contribution in [0.4, 0.5) is 0 Å². The van der Waals surface area contributed by atoms with Crippen molar-refractivity contribution in [2.75, 3.05) is 26.4 Å². The fourth-order valence-electron chi connectivity index (χ4n) is 6.83. The summed E-state index contributed by atoms with van der Waals surface area (Å²) < 4.78 is 39.3. The van der Waals surface area contributed by atoms with Crippen LogP contribution in [0.15, 0.2) is 48.6 Å². The normalized spacial score (nSPS) is 13.9. The van der Waals surface area contributed by atoms with E-state index < -0.39 is 57.8 Å². The maximum Gasteiger partial charge on any atom is 0.472 e. The molecule has 0 aliphatic heterocycles. The molecule has 0 saturated carbocycles. The second kappa shape index (κ2) is 47.0. The molecule has 64 heavy (non-hydrogen) atoms. The van der Waals surface area contributed by atoms with E-state index in [1.807, 2.05) is 0 Å². The van der Waals surface area contributed by atoms with E-state index in [2.05, 4.69) is 69.4 Å². The van der Waals surface area contributed by atoms with Gasteiger partial charge in [0.05, 0.1) is 19.8 Å². The molecular weight excluding hydrogens is 832 g/mol. The number of carbonyl (C=O) groups excluding carboxylic acids is 3. The summed E-state index contributed by atoms with van der Waals surface area (Å²) in [6.45, 7) is 4.45. The Kier molecular flexibility index (Phi) is 45.1. The van der Waals surface area contributed by atoms with Gasteiger partial charge in [-0.2, -0.15) is 0 Å². The van der Waals surface area contributed by atoms with Crippen molar-refractivity contribution in [1.29, 1.82) is 0 Å². The van der Waals surface area contributed by atoms with E-state index in [9.17, 15) is 28.9 Å². The number of esters is 3. The summed E-state index contributed by atoms with van der Waals surface area (Å²) in [5.74, 6) is -1.49. The molecule has 11 nitrogen and oxygen atoms in total. The minimum atomic E-state index is -4.74. The number of unbranched alkanes of at least 4 members (excludes halogenated alkanes) is 22. The van der Waals surface area contributed by atoms with Crippen LogP contribution in [0.3, 0.4) is 0 Å². The molecule has 372 valence electrons. The smallest absolute Gasteiger partial charge is 0.462 e. The Morgan fingerprint density at radius 1 is 0.453 bits per heavy atom. The van der Waals surface area contributed by atoms with Gasteiger partial charge in [0.1, 0.15) is 12.7 Å². The summed E-state index contributed by atoms with van der Waals surface area (Å²) in [7, 11) is -4.74. The predicted octanol–water partition coefficient (Wildman–Crippen LogP) is 14.2. The summed E-state index contributed by atoms with van der Waals surface area (Å²) in [5, 5.41) is 9.73. The first kappa shape index (κ1) is 61.4. The van der Waals surface area contributed by atoms with E-state index >= 15 is 0 Å². The van der Waals surface area contributed by atoms with Gasteiger partial charge < -0.3 is 24.2 Å². The van der Waals surface area contributed by atoms with Crippen LogP contribution in [0.1, 0.15) is 226 Å². The fraction of sp³-hybridized carbons (Fsp3) is 0.788. The summed E-state index contributed by atoms with van der Waals surface area (Å²) in [6.07, 6.45) is 46.6. The summed E-state index contributed by atoms with van der Waals surface area (Å²) in [4.78, 5) is 48.2. The highest BCUT2D eigenvalue weighted by Crippen LogP contribution is 2.43. The second-order valence-corrected chi connectivity index (χ2v) is 18.4. The summed E-state index contributed by atoms with van der Waals surface area (Å²) >= 11 is 0. The Bertz CT molecular complexity index is 1260. The molecule has 0 heterocycles. The second-order valence-electron chi connectivity index (χ2n) is 17.0. The molecule has 0 aromatic carbocycles. The molecule has 0 aromatic heterocycles. The van der Waals surface area contributed by atoms with E-state index in [1.165, 1.54) is 57.8 Å². The molecule has 2 N–H and O–H groups in total. The molecule has 12 heteroatoms. The predicted molar refractivity (Wildman–Crippen MR) is 261 cm³/mol. The first-order valence-electron chi connectivity index (χ1n) is 25.5. The zero-order chi connectivity index (χ0) is 47.0. The van der Waals surface area contributed by atoms with E-state index in [4.69, 9.17) is 23.3 Å². The van der Waals surface area contributed by atoms with Crippen LogP contribution in [-0.4, -0.2) is 66.5 Å². The third-order valence-corrected chi connectivity index (χ3v) is 11.7. The van der Waals surface area contributed by atoms with Gasteiger partial charge in [0.15, 0.2) is 6.10 Å². The molecule has 0 aromatic rings. The average molecular weight is 925 g/mol. The average Bonchev–Trinajstić information content (AvgIpc) is 3.28. The number of aliphatic hydroxyl groups excluding tert-OH is 1. The number of ether oxygens (including phenoxy) is 3. The molecule has 0 spiro atoms. The van der Waals surface area contributed by atoms with Crippen LogP contribution in [0, 0.1) is 0 Å². The lowest BCUT2D eigenvalue weighted by Crippen LogP contribution is -2.30. The minimum absolute atomic E-state index is 0.148. The molecule has 0 radical (unpaired) electrons. The van der Waals surface area contributed by atoms with Crippen molar-refractivity contribution < 1.29 is 52.2 Å². The number of carbonyl (C=O) groups is 3. The zero-order valence-corrected chi connectivity index (χ0v) is 41.6. The summed E-state index contributed by atoms with van der Waals surface area (Å²) in [5.41, 5.74) is 0. The number of allylic oxidation sites excluding steroid dienone is 8. The zero-order valence-electron chi connectivity index (χ0n) is 40.7. The van der Waals surface area contributed by atoms with Crippen LogP contribution in [0.2, 0.25) is 0 Å². The van der Waals surface area contributed by atoms with Crippen molar-refractivity contribution in [2.24, 2.45) is 0 Å². The molecular formula is C52H93O11P. The monoisotopic (exact) mass is 925 g/mol. The minimum Gasteiger partial charge on any atom is -0.462 e. The van der Waals surface area contributed by atoms with Crippen LogP contribution in [-0.2, 0) is 42.2 Å². The lowest BCUT2D eigenvalue weighted by Gasteiger charge is -2.21. The molecule has 0 saturated heterocycles. The Labute approximate surface area is 390 Å². The molecule has 0 rings (SSSR count). The number of rotatable bonds is 47. The van der Waals surface area contributed by atoms with Gasteiger partial charge in [-0.15, -0.1) is 0 Å². The Hall–Kier alpha value is -2.56. The standard InChI is InChI=1S/C52H93O11P/c1-4-7-10-13-16-19-21-23-24-26-28-31-34-37-40-43-52(56)63-49(45-59-50(54)41-38-35-32-30-27-25-22-20-17-14-11-8-5-2)47-61-64(57,58)60-46-48(44-53)62-51(55)42-39-36-33-29-18-15-12-9-6-3/h7,10,16,19-20,22-24,48-49,53H,4-6,8-9,11-15,17-18,21,25-47H2,1-3H3,(H,57,58)/b10-7-,19-16-,22-20-,24-23-. The third kappa shape index (κ3) is 44.6. The van der Waals surface area contributed by atoms with Crippen molar-refractivity contribution in [3.63, 3.8) is 0 Å².